The Labute approximate surface area is 120 Å². The van der Waals surface area contributed by atoms with Gasteiger partial charge in [0, 0.05) is 18.4 Å². The van der Waals surface area contributed by atoms with E-state index in [1.165, 1.54) is 17.9 Å². The molecule has 0 amide bonds. The summed E-state index contributed by atoms with van der Waals surface area (Å²) < 4.78 is 10.8. The molecule has 4 heteroatoms. The molecule has 0 spiro atoms. The van der Waals surface area contributed by atoms with Gasteiger partial charge >= 0.3 is 0 Å². The fraction of sp³-hybridized carbons (Fsp3) is 0.733. The smallest absolute Gasteiger partial charge is 0.129 e. The van der Waals surface area contributed by atoms with Crippen molar-refractivity contribution in [2.45, 2.75) is 39.3 Å². The molecule has 0 radical (unpaired) electrons. The SMILES string of the molecule is CC1(C)CCSCC1NCCCOCc1ccco1. The molecule has 2 rings (SSSR count). The zero-order chi connectivity index (χ0) is 13.6. The molecular formula is C15H25NO2S. The number of thioether (sulfide) groups is 1. The number of ether oxygens (including phenoxy) is 1. The van der Waals surface area contributed by atoms with Crippen molar-refractivity contribution in [3.8, 4) is 0 Å². The molecule has 0 aliphatic carbocycles. The van der Waals surface area contributed by atoms with Crippen LogP contribution < -0.4 is 5.32 Å². The Morgan fingerprint density at radius 3 is 3.16 bits per heavy atom. The van der Waals surface area contributed by atoms with Crippen LogP contribution in [0.5, 0.6) is 0 Å². The van der Waals surface area contributed by atoms with Crippen molar-refractivity contribution < 1.29 is 9.15 Å². The summed E-state index contributed by atoms with van der Waals surface area (Å²) in [5, 5.41) is 3.68. The van der Waals surface area contributed by atoms with Crippen LogP contribution in [-0.2, 0) is 11.3 Å². The first kappa shape index (κ1) is 14.9. The van der Waals surface area contributed by atoms with Crippen molar-refractivity contribution in [1.29, 1.82) is 0 Å². The zero-order valence-corrected chi connectivity index (χ0v) is 12.8. The summed E-state index contributed by atoms with van der Waals surface area (Å²) in [5.74, 6) is 3.44. The maximum Gasteiger partial charge on any atom is 0.129 e. The van der Waals surface area contributed by atoms with E-state index in [0.29, 0.717) is 18.1 Å². The topological polar surface area (TPSA) is 34.4 Å². The van der Waals surface area contributed by atoms with E-state index in [-0.39, 0.29) is 0 Å². The third-order valence-electron chi connectivity index (χ3n) is 3.80. The highest BCUT2D eigenvalue weighted by atomic mass is 32.2. The van der Waals surface area contributed by atoms with Gasteiger partial charge in [0.05, 0.1) is 6.26 Å². The maximum absolute atomic E-state index is 5.58. The summed E-state index contributed by atoms with van der Waals surface area (Å²) >= 11 is 2.07. The molecule has 19 heavy (non-hydrogen) atoms. The number of hydrogen-bond donors (Lipinski definition) is 1. The largest absolute Gasteiger partial charge is 0.467 e. The number of hydrogen-bond acceptors (Lipinski definition) is 4. The zero-order valence-electron chi connectivity index (χ0n) is 12.0. The van der Waals surface area contributed by atoms with Gasteiger partial charge in [-0.2, -0.15) is 11.8 Å². The fourth-order valence-corrected chi connectivity index (χ4v) is 3.93. The second-order valence-corrected chi connectivity index (χ2v) is 6.96. The molecule has 2 heterocycles. The van der Waals surface area contributed by atoms with Crippen LogP contribution in [-0.4, -0.2) is 30.7 Å². The van der Waals surface area contributed by atoms with E-state index >= 15 is 0 Å². The minimum absolute atomic E-state index is 0.431. The van der Waals surface area contributed by atoms with Crippen LogP contribution in [0.4, 0.5) is 0 Å². The van der Waals surface area contributed by atoms with Crippen LogP contribution in [0.25, 0.3) is 0 Å². The third-order valence-corrected chi connectivity index (χ3v) is 4.86. The Morgan fingerprint density at radius 1 is 1.53 bits per heavy atom. The van der Waals surface area contributed by atoms with Crippen molar-refractivity contribution in [2.24, 2.45) is 5.41 Å². The quantitative estimate of drug-likeness (QED) is 0.779. The van der Waals surface area contributed by atoms with Gasteiger partial charge in [-0.3, -0.25) is 0 Å². The monoisotopic (exact) mass is 283 g/mol. The molecule has 1 fully saturated rings. The molecular weight excluding hydrogens is 258 g/mol. The van der Waals surface area contributed by atoms with Crippen LogP contribution in [0.15, 0.2) is 22.8 Å². The second kappa shape index (κ2) is 7.36. The Kier molecular flexibility index (Phi) is 5.79. The number of furan rings is 1. The summed E-state index contributed by atoms with van der Waals surface area (Å²) in [5.41, 5.74) is 0.431. The highest BCUT2D eigenvalue weighted by Crippen LogP contribution is 2.33. The Hall–Kier alpha value is -0.450. The number of nitrogens with one attached hydrogen (secondary N) is 1. The highest BCUT2D eigenvalue weighted by molar-refractivity contribution is 7.99. The van der Waals surface area contributed by atoms with Crippen LogP contribution in [0.3, 0.4) is 0 Å². The maximum atomic E-state index is 5.58. The van der Waals surface area contributed by atoms with Crippen molar-refractivity contribution in [3.05, 3.63) is 24.2 Å². The van der Waals surface area contributed by atoms with Gasteiger partial charge < -0.3 is 14.5 Å². The molecule has 1 aromatic heterocycles. The van der Waals surface area contributed by atoms with Gasteiger partial charge in [0.15, 0.2) is 0 Å². The lowest BCUT2D eigenvalue weighted by atomic mass is 9.82. The first-order valence-corrected chi connectivity index (χ1v) is 8.25. The normalized spacial score (nSPS) is 22.5. The molecule has 1 saturated heterocycles. The summed E-state index contributed by atoms with van der Waals surface area (Å²) in [6.07, 6.45) is 4.05. The van der Waals surface area contributed by atoms with Crippen molar-refractivity contribution in [1.82, 2.24) is 5.32 Å². The predicted octanol–water partition coefficient (Wildman–Crippen LogP) is 3.31. The van der Waals surface area contributed by atoms with Crippen LogP contribution in [0.2, 0.25) is 0 Å². The first-order valence-electron chi connectivity index (χ1n) is 7.10. The van der Waals surface area contributed by atoms with E-state index < -0.39 is 0 Å². The van der Waals surface area contributed by atoms with E-state index in [0.717, 1.165) is 25.3 Å². The summed E-state index contributed by atoms with van der Waals surface area (Å²) in [6.45, 7) is 7.15. The highest BCUT2D eigenvalue weighted by Gasteiger charge is 2.31. The van der Waals surface area contributed by atoms with E-state index in [4.69, 9.17) is 9.15 Å². The van der Waals surface area contributed by atoms with Gasteiger partial charge in [-0.15, -0.1) is 0 Å². The lowest BCUT2D eigenvalue weighted by Crippen LogP contribution is -2.47. The summed E-state index contributed by atoms with van der Waals surface area (Å²) in [4.78, 5) is 0. The molecule has 108 valence electrons. The van der Waals surface area contributed by atoms with Crippen molar-refractivity contribution in [3.63, 3.8) is 0 Å². The van der Waals surface area contributed by atoms with Gasteiger partial charge in [0.25, 0.3) is 0 Å². The molecule has 1 atom stereocenters. The van der Waals surface area contributed by atoms with Gasteiger partial charge in [-0.1, -0.05) is 13.8 Å². The molecule has 3 nitrogen and oxygen atoms in total. The molecule has 1 N–H and O–H groups in total. The first-order chi connectivity index (χ1) is 9.18. The van der Waals surface area contributed by atoms with Gasteiger partial charge in [0.2, 0.25) is 0 Å². The van der Waals surface area contributed by atoms with Gasteiger partial charge in [0.1, 0.15) is 12.4 Å². The third kappa shape index (κ3) is 4.86. The molecule has 0 saturated carbocycles. The van der Waals surface area contributed by atoms with Crippen LogP contribution in [0.1, 0.15) is 32.4 Å². The lowest BCUT2D eigenvalue weighted by Gasteiger charge is -2.38. The summed E-state index contributed by atoms with van der Waals surface area (Å²) in [6, 6.07) is 4.47. The molecule has 0 aromatic carbocycles. The average Bonchev–Trinajstić information content (AvgIpc) is 2.88. The molecule has 0 bridgehead atoms. The second-order valence-electron chi connectivity index (χ2n) is 5.81. The summed E-state index contributed by atoms with van der Waals surface area (Å²) in [7, 11) is 0. The lowest BCUT2D eigenvalue weighted by molar-refractivity contribution is 0.102. The van der Waals surface area contributed by atoms with Crippen molar-refractivity contribution in [2.75, 3.05) is 24.7 Å². The molecule has 1 aliphatic rings. The fourth-order valence-electron chi connectivity index (χ4n) is 2.29. The standard InChI is InChI=1S/C15H25NO2S/c1-15(2)6-10-19-12-14(15)16-7-4-8-17-11-13-5-3-9-18-13/h3,5,9,14,16H,4,6-8,10-12H2,1-2H3. The minimum Gasteiger partial charge on any atom is -0.467 e. The molecule has 1 unspecified atom stereocenters. The van der Waals surface area contributed by atoms with E-state index in [1.54, 1.807) is 6.26 Å². The van der Waals surface area contributed by atoms with E-state index in [2.05, 4.69) is 30.9 Å². The predicted molar refractivity (Wildman–Crippen MR) is 80.5 cm³/mol. The van der Waals surface area contributed by atoms with Gasteiger partial charge in [-0.05, 0) is 42.7 Å². The Balaban J connectivity index is 1.54. The Bertz CT molecular complexity index is 351. The average molecular weight is 283 g/mol. The molecule has 1 aromatic rings. The van der Waals surface area contributed by atoms with Gasteiger partial charge in [-0.25, -0.2) is 0 Å². The minimum atomic E-state index is 0.431. The van der Waals surface area contributed by atoms with Crippen LogP contribution >= 0.6 is 11.8 Å². The Morgan fingerprint density at radius 2 is 2.42 bits per heavy atom. The number of rotatable bonds is 7. The van der Waals surface area contributed by atoms with Crippen molar-refractivity contribution >= 4 is 11.8 Å². The molecule has 1 aliphatic heterocycles. The van der Waals surface area contributed by atoms with E-state index in [9.17, 15) is 0 Å². The van der Waals surface area contributed by atoms with Crippen LogP contribution in [0, 0.1) is 5.41 Å². The van der Waals surface area contributed by atoms with E-state index in [1.807, 2.05) is 12.1 Å².